The number of carbonyl (C=O) groups excluding carboxylic acids is 2. The summed E-state index contributed by atoms with van der Waals surface area (Å²) in [5, 5.41) is 9.49. The second-order valence-electron chi connectivity index (χ2n) is 5.50. The number of carbonyl (C=O) groups is 2. The molecule has 1 atom stereocenters. The lowest BCUT2D eigenvalue weighted by atomic mass is 10.0. The number of hydrogen-bond donors (Lipinski definition) is 2. The molecule has 0 aliphatic rings. The van der Waals surface area contributed by atoms with E-state index in [1.807, 2.05) is 0 Å². The summed E-state index contributed by atoms with van der Waals surface area (Å²) in [6, 6.07) is 5.06. The van der Waals surface area contributed by atoms with Crippen molar-refractivity contribution in [3.05, 3.63) is 35.6 Å². The predicted molar refractivity (Wildman–Crippen MR) is 83.3 cm³/mol. The van der Waals surface area contributed by atoms with Gasteiger partial charge in [0.2, 0.25) is 0 Å². The van der Waals surface area contributed by atoms with Crippen LogP contribution in [0.2, 0.25) is 0 Å². The molecule has 0 saturated carbocycles. The minimum absolute atomic E-state index is 0.184. The normalized spacial score (nSPS) is 11.6. The van der Waals surface area contributed by atoms with Crippen LogP contribution in [0.15, 0.2) is 24.3 Å². The van der Waals surface area contributed by atoms with Gasteiger partial charge in [0.15, 0.2) is 0 Å². The van der Waals surface area contributed by atoms with Crippen molar-refractivity contribution in [3.63, 3.8) is 0 Å². The molecule has 1 amide bonds. The molecule has 0 spiro atoms. The fourth-order valence-electron chi connectivity index (χ4n) is 1.70. The summed E-state index contributed by atoms with van der Waals surface area (Å²) >= 11 is 0. The van der Waals surface area contributed by atoms with E-state index < -0.39 is 29.5 Å². The molecule has 0 aliphatic heterocycles. The van der Waals surface area contributed by atoms with Crippen molar-refractivity contribution < 1.29 is 28.6 Å². The Labute approximate surface area is 135 Å². The highest BCUT2D eigenvalue weighted by molar-refractivity contribution is 5.73. The number of methoxy groups -OCH3 is 1. The second-order valence-corrected chi connectivity index (χ2v) is 5.50. The molecule has 1 rings (SSSR count). The molecule has 130 valence electrons. The zero-order valence-electron chi connectivity index (χ0n) is 14.1. The number of amides is 1. The van der Waals surface area contributed by atoms with Gasteiger partial charge in [-0.1, -0.05) is 18.2 Å². The summed E-state index contributed by atoms with van der Waals surface area (Å²) in [6.07, 6.45) is -0.906. The Balaban J connectivity index is 0.00000232. The third kappa shape index (κ3) is 8.15. The molecule has 2 N–H and O–H groups in total. The van der Waals surface area contributed by atoms with E-state index in [-0.39, 0.29) is 12.0 Å². The summed E-state index contributed by atoms with van der Waals surface area (Å²) in [5.41, 5.74) is -0.483. The first-order valence-corrected chi connectivity index (χ1v) is 6.98. The number of nitrogens with one attached hydrogen (secondary N) is 1. The van der Waals surface area contributed by atoms with Crippen LogP contribution < -0.4 is 5.32 Å². The quantitative estimate of drug-likeness (QED) is 0.829. The average Bonchev–Trinajstić information content (AvgIpc) is 2.47. The number of aliphatic hydroxyl groups excluding tert-OH is 1. The molecule has 23 heavy (non-hydrogen) atoms. The van der Waals surface area contributed by atoms with Gasteiger partial charge in [0, 0.05) is 12.7 Å². The number of ether oxygens (including phenoxy) is 2. The third-order valence-electron chi connectivity index (χ3n) is 2.57. The van der Waals surface area contributed by atoms with Gasteiger partial charge in [0.25, 0.3) is 0 Å². The Hall–Kier alpha value is -2.15. The molecule has 0 heterocycles. The number of benzene rings is 1. The van der Waals surface area contributed by atoms with Crippen LogP contribution in [0, 0.1) is 5.82 Å². The molecular formula is C16H24FNO5. The highest BCUT2D eigenvalue weighted by Gasteiger charge is 2.24. The maximum absolute atomic E-state index is 13.8. The van der Waals surface area contributed by atoms with E-state index in [1.54, 1.807) is 26.8 Å². The fourth-order valence-corrected chi connectivity index (χ4v) is 1.70. The number of aliphatic hydroxyl groups is 1. The van der Waals surface area contributed by atoms with Gasteiger partial charge in [-0.2, -0.15) is 0 Å². The molecular weight excluding hydrogens is 305 g/mol. The van der Waals surface area contributed by atoms with Crippen LogP contribution >= 0.6 is 0 Å². The number of esters is 1. The Morgan fingerprint density at radius 3 is 2.30 bits per heavy atom. The van der Waals surface area contributed by atoms with Gasteiger partial charge < -0.3 is 19.9 Å². The Kier molecular flexibility index (Phi) is 8.87. The third-order valence-corrected chi connectivity index (χ3v) is 2.57. The maximum Gasteiger partial charge on any atom is 0.408 e. The van der Waals surface area contributed by atoms with Crippen molar-refractivity contribution in [1.29, 1.82) is 0 Å². The van der Waals surface area contributed by atoms with Crippen LogP contribution in [0.3, 0.4) is 0 Å². The van der Waals surface area contributed by atoms with Crippen LogP contribution in [0.25, 0.3) is 0 Å². The molecule has 0 bridgehead atoms. The molecule has 0 aromatic heterocycles. The second kappa shape index (κ2) is 9.78. The summed E-state index contributed by atoms with van der Waals surface area (Å²) in [4.78, 5) is 23.3. The molecule has 1 aromatic rings. The van der Waals surface area contributed by atoms with Gasteiger partial charge in [0.05, 0.1) is 19.6 Å². The SMILES string of the molecule is CO.COC(=O)CC(NC(=O)OC(C)(C)C)c1ccccc1F. The molecule has 0 radical (unpaired) electrons. The van der Waals surface area contributed by atoms with E-state index in [9.17, 15) is 14.0 Å². The summed E-state index contributed by atoms with van der Waals surface area (Å²) in [7, 11) is 2.23. The molecule has 1 unspecified atom stereocenters. The van der Waals surface area contributed by atoms with Crippen molar-refractivity contribution in [2.24, 2.45) is 0 Å². The first-order valence-electron chi connectivity index (χ1n) is 6.98. The molecule has 7 heteroatoms. The van der Waals surface area contributed by atoms with Gasteiger partial charge in [-0.15, -0.1) is 0 Å². The Bertz CT molecular complexity index is 513. The van der Waals surface area contributed by atoms with Crippen molar-refractivity contribution in [2.45, 2.75) is 38.8 Å². The van der Waals surface area contributed by atoms with Gasteiger partial charge in [-0.3, -0.25) is 4.79 Å². The van der Waals surface area contributed by atoms with E-state index in [0.29, 0.717) is 0 Å². The minimum Gasteiger partial charge on any atom is -0.469 e. The highest BCUT2D eigenvalue weighted by atomic mass is 19.1. The van der Waals surface area contributed by atoms with Crippen LogP contribution in [0.1, 0.15) is 38.8 Å². The first-order chi connectivity index (χ1) is 10.7. The first kappa shape index (κ1) is 20.9. The lowest BCUT2D eigenvalue weighted by Crippen LogP contribution is -2.36. The molecule has 0 saturated heterocycles. The van der Waals surface area contributed by atoms with Crippen molar-refractivity contribution in [2.75, 3.05) is 14.2 Å². The van der Waals surface area contributed by atoms with Gasteiger partial charge in [-0.25, -0.2) is 9.18 Å². The van der Waals surface area contributed by atoms with Gasteiger partial charge in [0.1, 0.15) is 11.4 Å². The van der Waals surface area contributed by atoms with Crippen LogP contribution in [0.5, 0.6) is 0 Å². The molecule has 0 fully saturated rings. The monoisotopic (exact) mass is 329 g/mol. The summed E-state index contributed by atoms with van der Waals surface area (Å²) in [6.45, 7) is 5.14. The lowest BCUT2D eigenvalue weighted by Gasteiger charge is -2.23. The van der Waals surface area contributed by atoms with Crippen LogP contribution in [-0.2, 0) is 14.3 Å². The van der Waals surface area contributed by atoms with E-state index in [1.165, 1.54) is 25.3 Å². The van der Waals surface area contributed by atoms with E-state index >= 15 is 0 Å². The summed E-state index contributed by atoms with van der Waals surface area (Å²) in [5.74, 6) is -1.07. The zero-order chi connectivity index (χ0) is 18.0. The molecule has 0 aliphatic carbocycles. The molecule has 1 aromatic carbocycles. The topological polar surface area (TPSA) is 84.9 Å². The summed E-state index contributed by atoms with van der Waals surface area (Å²) < 4.78 is 23.5. The number of halogens is 1. The number of alkyl carbamates (subject to hydrolysis) is 1. The van der Waals surface area contributed by atoms with Gasteiger partial charge in [-0.05, 0) is 26.8 Å². The van der Waals surface area contributed by atoms with Crippen LogP contribution in [-0.4, -0.2) is 37.0 Å². The Morgan fingerprint density at radius 2 is 1.83 bits per heavy atom. The van der Waals surface area contributed by atoms with Crippen molar-refractivity contribution in [3.8, 4) is 0 Å². The smallest absolute Gasteiger partial charge is 0.408 e. The Morgan fingerprint density at radius 1 is 1.26 bits per heavy atom. The van der Waals surface area contributed by atoms with Gasteiger partial charge >= 0.3 is 12.1 Å². The predicted octanol–water partition coefficient (Wildman–Crippen LogP) is 2.56. The molecule has 6 nitrogen and oxygen atoms in total. The number of hydrogen-bond acceptors (Lipinski definition) is 5. The van der Waals surface area contributed by atoms with E-state index in [0.717, 1.165) is 7.11 Å². The lowest BCUT2D eigenvalue weighted by molar-refractivity contribution is -0.141. The zero-order valence-corrected chi connectivity index (χ0v) is 14.1. The van der Waals surface area contributed by atoms with Crippen molar-refractivity contribution >= 4 is 12.1 Å². The maximum atomic E-state index is 13.8. The standard InChI is InChI=1S/C15H20FNO4.CH4O/c1-15(2,3)21-14(19)17-12(9-13(18)20-4)10-7-5-6-8-11(10)16;1-2/h5-8,12H,9H2,1-4H3,(H,17,19);2H,1H3. The largest absolute Gasteiger partial charge is 0.469 e. The van der Waals surface area contributed by atoms with E-state index in [4.69, 9.17) is 9.84 Å². The van der Waals surface area contributed by atoms with E-state index in [2.05, 4.69) is 10.1 Å². The van der Waals surface area contributed by atoms with Crippen molar-refractivity contribution in [1.82, 2.24) is 5.32 Å². The fraction of sp³-hybridized carbons (Fsp3) is 0.500. The number of rotatable bonds is 4. The average molecular weight is 329 g/mol. The highest BCUT2D eigenvalue weighted by Crippen LogP contribution is 2.21. The minimum atomic E-state index is -0.853. The van der Waals surface area contributed by atoms with Crippen LogP contribution in [0.4, 0.5) is 9.18 Å².